The molecule has 0 aliphatic heterocycles. The number of methoxy groups -OCH3 is 3. The van der Waals surface area contributed by atoms with E-state index in [9.17, 15) is 4.79 Å². The van der Waals surface area contributed by atoms with Crippen LogP contribution in [0, 0.1) is 0 Å². The zero-order valence-corrected chi connectivity index (χ0v) is 15.7. The first-order chi connectivity index (χ1) is 12.1. The maximum absolute atomic E-state index is 12.4. The molecule has 0 radical (unpaired) electrons. The minimum Gasteiger partial charge on any atom is -0.496 e. The first-order valence-corrected chi connectivity index (χ1v) is 8.75. The van der Waals surface area contributed by atoms with Gasteiger partial charge in [-0.15, -0.1) is 11.8 Å². The van der Waals surface area contributed by atoms with Crippen LogP contribution in [0.4, 0.5) is 0 Å². The van der Waals surface area contributed by atoms with Gasteiger partial charge in [-0.1, -0.05) is 18.2 Å². The van der Waals surface area contributed by atoms with Crippen LogP contribution < -0.4 is 19.5 Å². The number of carbonyl (C=O) groups excluding carboxylic acids is 1. The van der Waals surface area contributed by atoms with Gasteiger partial charge in [0.1, 0.15) is 5.75 Å². The van der Waals surface area contributed by atoms with Gasteiger partial charge >= 0.3 is 0 Å². The Kier molecular flexibility index (Phi) is 7.01. The van der Waals surface area contributed by atoms with Gasteiger partial charge < -0.3 is 19.5 Å². The van der Waals surface area contributed by atoms with Crippen molar-refractivity contribution in [2.24, 2.45) is 0 Å². The lowest BCUT2D eigenvalue weighted by molar-refractivity contribution is -0.120. The van der Waals surface area contributed by atoms with E-state index in [4.69, 9.17) is 14.2 Å². The molecule has 0 fully saturated rings. The van der Waals surface area contributed by atoms with E-state index in [1.54, 1.807) is 21.3 Å². The van der Waals surface area contributed by atoms with Crippen LogP contribution in [0.25, 0.3) is 0 Å². The Hall–Kier alpha value is -2.34. The van der Waals surface area contributed by atoms with Crippen molar-refractivity contribution in [2.45, 2.75) is 23.6 Å². The standard InChI is InChI=1S/C19H23NO4S/c1-13(25-15-9-10-17(23-3)18(11-15)24-4)19(21)20-12-14-7-5-6-8-16(14)22-2/h5-11,13H,12H2,1-4H3,(H,20,21). The molecule has 0 saturated heterocycles. The quantitative estimate of drug-likeness (QED) is 0.729. The van der Waals surface area contributed by atoms with E-state index in [0.29, 0.717) is 18.0 Å². The van der Waals surface area contributed by atoms with Crippen LogP contribution in [-0.2, 0) is 11.3 Å². The fourth-order valence-corrected chi connectivity index (χ4v) is 3.24. The number of ether oxygens (including phenoxy) is 3. The van der Waals surface area contributed by atoms with Gasteiger partial charge in [-0.3, -0.25) is 4.79 Å². The number of nitrogens with one attached hydrogen (secondary N) is 1. The third kappa shape index (κ3) is 5.06. The molecule has 1 unspecified atom stereocenters. The first-order valence-electron chi connectivity index (χ1n) is 7.87. The van der Waals surface area contributed by atoms with Crippen LogP contribution in [0.2, 0.25) is 0 Å². The monoisotopic (exact) mass is 361 g/mol. The largest absolute Gasteiger partial charge is 0.496 e. The molecule has 2 aromatic carbocycles. The van der Waals surface area contributed by atoms with Crippen LogP contribution in [-0.4, -0.2) is 32.5 Å². The molecule has 0 aromatic heterocycles. The summed E-state index contributed by atoms with van der Waals surface area (Å²) in [5.74, 6) is 2.04. The van der Waals surface area contributed by atoms with Gasteiger partial charge in [0.25, 0.3) is 0 Å². The zero-order valence-electron chi connectivity index (χ0n) is 14.9. The number of para-hydroxylation sites is 1. The minimum atomic E-state index is -0.243. The predicted molar refractivity (Wildman–Crippen MR) is 99.7 cm³/mol. The second-order valence-corrected chi connectivity index (χ2v) is 6.72. The van der Waals surface area contributed by atoms with E-state index in [-0.39, 0.29) is 11.2 Å². The second kappa shape index (κ2) is 9.22. The lowest BCUT2D eigenvalue weighted by Crippen LogP contribution is -2.30. The van der Waals surface area contributed by atoms with Crippen molar-refractivity contribution >= 4 is 17.7 Å². The molecule has 1 amide bonds. The van der Waals surface area contributed by atoms with E-state index < -0.39 is 0 Å². The lowest BCUT2D eigenvalue weighted by Gasteiger charge is -2.14. The van der Waals surface area contributed by atoms with Gasteiger partial charge in [0.2, 0.25) is 5.91 Å². The van der Waals surface area contributed by atoms with Gasteiger partial charge in [-0.05, 0) is 31.2 Å². The number of thioether (sulfide) groups is 1. The van der Waals surface area contributed by atoms with Crippen LogP contribution in [0.15, 0.2) is 47.4 Å². The van der Waals surface area contributed by atoms with Gasteiger partial charge in [-0.2, -0.15) is 0 Å². The highest BCUT2D eigenvalue weighted by Gasteiger charge is 2.16. The normalized spacial score (nSPS) is 11.5. The lowest BCUT2D eigenvalue weighted by atomic mass is 10.2. The molecule has 0 heterocycles. The van der Waals surface area contributed by atoms with Crippen molar-refractivity contribution in [3.63, 3.8) is 0 Å². The number of benzene rings is 2. The molecule has 1 N–H and O–H groups in total. The summed E-state index contributed by atoms with van der Waals surface area (Å²) < 4.78 is 15.8. The Morgan fingerprint density at radius 2 is 1.68 bits per heavy atom. The molecule has 5 nitrogen and oxygen atoms in total. The maximum atomic E-state index is 12.4. The van der Waals surface area contributed by atoms with E-state index in [1.807, 2.05) is 49.4 Å². The molecule has 0 saturated carbocycles. The molecule has 6 heteroatoms. The Morgan fingerprint density at radius 3 is 2.36 bits per heavy atom. The van der Waals surface area contributed by atoms with Crippen molar-refractivity contribution < 1.29 is 19.0 Å². The molecule has 1 atom stereocenters. The van der Waals surface area contributed by atoms with Crippen molar-refractivity contribution in [2.75, 3.05) is 21.3 Å². The second-order valence-electron chi connectivity index (χ2n) is 5.31. The molecule has 0 aliphatic rings. The fourth-order valence-electron chi connectivity index (χ4n) is 2.32. The zero-order chi connectivity index (χ0) is 18.2. The van der Waals surface area contributed by atoms with E-state index in [1.165, 1.54) is 11.8 Å². The summed E-state index contributed by atoms with van der Waals surface area (Å²) in [6, 6.07) is 13.3. The number of carbonyl (C=O) groups is 1. The minimum absolute atomic E-state index is 0.0364. The summed E-state index contributed by atoms with van der Waals surface area (Å²) in [6.07, 6.45) is 0. The van der Waals surface area contributed by atoms with Crippen molar-refractivity contribution in [1.82, 2.24) is 5.32 Å². The van der Waals surface area contributed by atoms with Gasteiger partial charge in [0.15, 0.2) is 11.5 Å². The van der Waals surface area contributed by atoms with E-state index >= 15 is 0 Å². The third-order valence-electron chi connectivity index (χ3n) is 3.68. The summed E-state index contributed by atoms with van der Waals surface area (Å²) >= 11 is 1.47. The summed E-state index contributed by atoms with van der Waals surface area (Å²) in [5.41, 5.74) is 0.946. The Morgan fingerprint density at radius 1 is 1.00 bits per heavy atom. The third-order valence-corrected chi connectivity index (χ3v) is 4.78. The number of hydrogen-bond acceptors (Lipinski definition) is 5. The molecule has 134 valence electrons. The maximum Gasteiger partial charge on any atom is 0.233 e. The molecular formula is C19H23NO4S. The molecule has 0 spiro atoms. The van der Waals surface area contributed by atoms with Gasteiger partial charge in [0.05, 0.1) is 26.6 Å². The highest BCUT2D eigenvalue weighted by atomic mass is 32.2. The molecule has 0 bridgehead atoms. The van der Waals surface area contributed by atoms with Crippen LogP contribution in [0.3, 0.4) is 0 Å². The summed E-state index contributed by atoms with van der Waals surface area (Å²) in [4.78, 5) is 13.3. The molecule has 0 aliphatic carbocycles. The number of rotatable bonds is 8. The van der Waals surface area contributed by atoms with Crippen molar-refractivity contribution in [3.05, 3.63) is 48.0 Å². The Labute approximate surface area is 152 Å². The summed E-state index contributed by atoms with van der Waals surface area (Å²) in [7, 11) is 4.81. The van der Waals surface area contributed by atoms with Gasteiger partial charge in [-0.25, -0.2) is 0 Å². The van der Waals surface area contributed by atoms with Crippen LogP contribution in [0.1, 0.15) is 12.5 Å². The topological polar surface area (TPSA) is 56.8 Å². The van der Waals surface area contributed by atoms with Crippen molar-refractivity contribution in [1.29, 1.82) is 0 Å². The molecular weight excluding hydrogens is 338 g/mol. The molecule has 2 aromatic rings. The van der Waals surface area contributed by atoms with Crippen LogP contribution in [0.5, 0.6) is 17.2 Å². The summed E-state index contributed by atoms with van der Waals surface area (Å²) in [5, 5.41) is 2.71. The van der Waals surface area contributed by atoms with E-state index in [0.717, 1.165) is 16.2 Å². The predicted octanol–water partition coefficient (Wildman–Crippen LogP) is 3.51. The highest BCUT2D eigenvalue weighted by Crippen LogP contribution is 2.33. The van der Waals surface area contributed by atoms with Crippen LogP contribution >= 0.6 is 11.8 Å². The number of hydrogen-bond donors (Lipinski definition) is 1. The highest BCUT2D eigenvalue weighted by molar-refractivity contribution is 8.00. The van der Waals surface area contributed by atoms with E-state index in [2.05, 4.69) is 5.32 Å². The Bertz CT molecular complexity index is 720. The average Bonchev–Trinajstić information content (AvgIpc) is 2.65. The van der Waals surface area contributed by atoms with Gasteiger partial charge in [0, 0.05) is 17.0 Å². The first kappa shape index (κ1) is 19.0. The smallest absolute Gasteiger partial charge is 0.233 e. The summed E-state index contributed by atoms with van der Waals surface area (Å²) in [6.45, 7) is 2.30. The molecule has 2 rings (SSSR count). The SMILES string of the molecule is COc1ccccc1CNC(=O)C(C)Sc1ccc(OC)c(OC)c1. The Balaban J connectivity index is 1.96. The number of amides is 1. The fraction of sp³-hybridized carbons (Fsp3) is 0.316. The average molecular weight is 361 g/mol. The molecule has 25 heavy (non-hydrogen) atoms. The van der Waals surface area contributed by atoms with Crippen molar-refractivity contribution in [3.8, 4) is 17.2 Å².